The van der Waals surface area contributed by atoms with Crippen molar-refractivity contribution in [2.24, 2.45) is 21.7 Å². The molecule has 0 aromatic rings. The van der Waals surface area contributed by atoms with Gasteiger partial charge in [-0.1, -0.05) is 69.2 Å². The van der Waals surface area contributed by atoms with Gasteiger partial charge < -0.3 is 20.4 Å². The Hall–Kier alpha value is -0.160. The van der Waals surface area contributed by atoms with Crippen molar-refractivity contribution in [2.45, 2.75) is 81.4 Å². The minimum atomic E-state index is -0.472. The topological polar surface area (TPSA) is 80.9 Å². The first kappa shape index (κ1) is 24.1. The van der Waals surface area contributed by atoms with Gasteiger partial charge in [0.1, 0.15) is 0 Å². The molecule has 0 saturated carbocycles. The molecule has 0 heterocycles. The second kappa shape index (κ2) is 8.09. The summed E-state index contributed by atoms with van der Waals surface area (Å²) in [6, 6.07) is 0. The maximum absolute atomic E-state index is 9.75. The van der Waals surface area contributed by atoms with E-state index in [4.69, 9.17) is 10.2 Å². The van der Waals surface area contributed by atoms with Gasteiger partial charge in [-0.3, -0.25) is 0 Å². The molecule has 0 unspecified atom stereocenters. The fourth-order valence-corrected chi connectivity index (χ4v) is 2.52. The minimum absolute atomic E-state index is 0.0193. The Kier molecular flexibility index (Phi) is 8.86. The van der Waals surface area contributed by atoms with E-state index in [1.54, 1.807) is 0 Å². The zero-order valence-corrected chi connectivity index (χ0v) is 16.4. The zero-order chi connectivity index (χ0) is 18.6. The molecule has 0 aliphatic heterocycles. The summed E-state index contributed by atoms with van der Waals surface area (Å²) in [5.41, 5.74) is -1.13. The van der Waals surface area contributed by atoms with Crippen LogP contribution in [0.1, 0.15) is 69.2 Å². The largest absolute Gasteiger partial charge is 0.396 e. The first-order valence-corrected chi connectivity index (χ1v) is 8.01. The lowest BCUT2D eigenvalue weighted by molar-refractivity contribution is -0.0571. The van der Waals surface area contributed by atoms with Crippen LogP contribution in [0.25, 0.3) is 0 Å². The van der Waals surface area contributed by atoms with Gasteiger partial charge in [-0.15, -0.1) is 0 Å². The molecule has 0 spiro atoms. The van der Waals surface area contributed by atoms with Crippen LogP contribution in [0.5, 0.6) is 0 Å². The lowest BCUT2D eigenvalue weighted by Gasteiger charge is -2.37. The van der Waals surface area contributed by atoms with Crippen molar-refractivity contribution < 1.29 is 20.4 Å². The quantitative estimate of drug-likeness (QED) is 0.642. The van der Waals surface area contributed by atoms with Gasteiger partial charge in [0.25, 0.3) is 0 Å². The van der Waals surface area contributed by atoms with Gasteiger partial charge in [0, 0.05) is 10.8 Å². The van der Waals surface area contributed by atoms with E-state index in [2.05, 4.69) is 0 Å². The van der Waals surface area contributed by atoms with Gasteiger partial charge in [0.15, 0.2) is 0 Å². The van der Waals surface area contributed by atoms with Crippen LogP contribution in [0.15, 0.2) is 0 Å². The highest BCUT2D eigenvalue weighted by Gasteiger charge is 2.36. The summed E-state index contributed by atoms with van der Waals surface area (Å²) in [5.74, 6) is 0. The molecule has 0 aliphatic rings. The first-order valence-electron chi connectivity index (χ1n) is 8.01. The molecule has 0 saturated heterocycles. The predicted molar refractivity (Wildman–Crippen MR) is 92.7 cm³/mol. The summed E-state index contributed by atoms with van der Waals surface area (Å²) in [6.07, 6.45) is -0.944. The molecule has 0 aromatic carbocycles. The molecule has 0 aliphatic carbocycles. The molecule has 0 aromatic heterocycles. The van der Waals surface area contributed by atoms with Crippen molar-refractivity contribution in [1.29, 1.82) is 0 Å². The maximum Gasteiger partial charge on any atom is 0.0661 e. The summed E-state index contributed by atoms with van der Waals surface area (Å²) < 4.78 is 0. The van der Waals surface area contributed by atoms with Crippen LogP contribution in [-0.4, -0.2) is 45.8 Å². The molecular formula is C18H40O4. The molecule has 136 valence electrons. The summed E-state index contributed by atoms with van der Waals surface area (Å²) >= 11 is 0. The monoisotopic (exact) mass is 320 g/mol. The highest BCUT2D eigenvalue weighted by molar-refractivity contribution is 4.86. The van der Waals surface area contributed by atoms with Gasteiger partial charge in [0.2, 0.25) is 0 Å². The molecule has 0 rings (SSSR count). The molecule has 22 heavy (non-hydrogen) atoms. The average Bonchev–Trinajstić information content (AvgIpc) is 2.35. The van der Waals surface area contributed by atoms with Gasteiger partial charge in [-0.2, -0.15) is 0 Å². The summed E-state index contributed by atoms with van der Waals surface area (Å²) in [4.78, 5) is 0. The van der Waals surface area contributed by atoms with E-state index in [1.165, 1.54) is 0 Å². The van der Waals surface area contributed by atoms with E-state index in [0.717, 1.165) is 0 Å². The van der Waals surface area contributed by atoms with E-state index < -0.39 is 23.0 Å². The highest BCUT2D eigenvalue weighted by atomic mass is 16.3. The molecule has 0 amide bonds. The van der Waals surface area contributed by atoms with Crippen LogP contribution in [-0.2, 0) is 0 Å². The molecular weight excluding hydrogens is 280 g/mol. The Morgan fingerprint density at radius 3 is 0.773 bits per heavy atom. The Morgan fingerprint density at radius 2 is 0.727 bits per heavy atom. The third-order valence-corrected chi connectivity index (χ3v) is 3.94. The zero-order valence-electron chi connectivity index (χ0n) is 16.4. The normalized spacial score (nSPS) is 16.6. The lowest BCUT2D eigenvalue weighted by atomic mass is 9.73. The summed E-state index contributed by atoms with van der Waals surface area (Å²) in [5, 5.41) is 37.4. The highest BCUT2D eigenvalue weighted by Crippen LogP contribution is 2.33. The van der Waals surface area contributed by atoms with Gasteiger partial charge in [0.05, 0.1) is 25.4 Å². The van der Waals surface area contributed by atoms with Crippen LogP contribution in [0.3, 0.4) is 0 Å². The number of hydrogen-bond donors (Lipinski definition) is 4. The van der Waals surface area contributed by atoms with Crippen molar-refractivity contribution in [3.8, 4) is 0 Å². The minimum Gasteiger partial charge on any atom is -0.396 e. The number of aliphatic hydroxyl groups is 4. The van der Waals surface area contributed by atoms with Gasteiger partial charge in [-0.05, 0) is 10.8 Å². The van der Waals surface area contributed by atoms with Crippen molar-refractivity contribution in [3.63, 3.8) is 0 Å². The van der Waals surface area contributed by atoms with Crippen LogP contribution < -0.4 is 0 Å². The number of rotatable bonds is 4. The molecule has 4 heteroatoms. The second-order valence-corrected chi connectivity index (χ2v) is 9.83. The molecule has 4 N–H and O–H groups in total. The third-order valence-electron chi connectivity index (χ3n) is 3.94. The smallest absolute Gasteiger partial charge is 0.0661 e. The molecule has 0 fully saturated rings. The van der Waals surface area contributed by atoms with Crippen LogP contribution in [0.2, 0.25) is 0 Å². The Balaban J connectivity index is 0. The van der Waals surface area contributed by atoms with E-state index in [0.29, 0.717) is 0 Å². The van der Waals surface area contributed by atoms with Gasteiger partial charge in [-0.25, -0.2) is 0 Å². The Labute approximate surface area is 137 Å². The summed E-state index contributed by atoms with van der Waals surface area (Å²) in [7, 11) is 0. The SMILES string of the molecule is CC(C)(C)[C@@H](O)C(C)(C)CO.CC(C)(C)[C@H](O)C(C)(C)CO. The van der Waals surface area contributed by atoms with Crippen LogP contribution in [0, 0.1) is 21.7 Å². The molecule has 2 atom stereocenters. The second-order valence-electron chi connectivity index (χ2n) is 9.83. The third kappa shape index (κ3) is 7.91. The van der Waals surface area contributed by atoms with Crippen molar-refractivity contribution >= 4 is 0 Å². The van der Waals surface area contributed by atoms with Crippen LogP contribution >= 0.6 is 0 Å². The number of hydrogen-bond acceptors (Lipinski definition) is 4. The van der Waals surface area contributed by atoms with E-state index in [1.807, 2.05) is 69.2 Å². The molecule has 4 nitrogen and oxygen atoms in total. The fraction of sp³-hybridized carbons (Fsp3) is 1.00. The number of aliphatic hydroxyl groups excluding tert-OH is 4. The van der Waals surface area contributed by atoms with Crippen molar-refractivity contribution in [3.05, 3.63) is 0 Å². The maximum atomic E-state index is 9.75. The lowest BCUT2D eigenvalue weighted by Crippen LogP contribution is -2.42. The molecule has 0 radical (unpaired) electrons. The van der Waals surface area contributed by atoms with Crippen molar-refractivity contribution in [1.82, 2.24) is 0 Å². The van der Waals surface area contributed by atoms with E-state index >= 15 is 0 Å². The van der Waals surface area contributed by atoms with Crippen molar-refractivity contribution in [2.75, 3.05) is 13.2 Å². The Morgan fingerprint density at radius 1 is 0.545 bits per heavy atom. The van der Waals surface area contributed by atoms with Crippen LogP contribution in [0.4, 0.5) is 0 Å². The predicted octanol–water partition coefficient (Wildman–Crippen LogP) is 2.82. The van der Waals surface area contributed by atoms with E-state index in [9.17, 15) is 10.2 Å². The molecule has 0 bridgehead atoms. The Bertz CT molecular complexity index is 276. The summed E-state index contributed by atoms with van der Waals surface area (Å²) in [6.45, 7) is 19.3. The average molecular weight is 321 g/mol. The first-order chi connectivity index (χ1) is 9.43. The fourth-order valence-electron chi connectivity index (χ4n) is 2.52. The standard InChI is InChI=1S/2C9H20O2/c2*1-8(2,3)7(11)9(4,5)6-10/h2*7,10-11H,6H2,1-5H3/t2*7-/m10/s1. The van der Waals surface area contributed by atoms with Gasteiger partial charge >= 0.3 is 0 Å². The van der Waals surface area contributed by atoms with E-state index in [-0.39, 0.29) is 24.0 Å².